The molecular weight excluding hydrogens is 368 g/mol. The van der Waals surface area contributed by atoms with Gasteiger partial charge in [-0.25, -0.2) is 9.50 Å². The normalized spacial score (nSPS) is 19.5. The molecule has 3 aromatic rings. The molecule has 5 rings (SSSR count). The van der Waals surface area contributed by atoms with Crippen molar-refractivity contribution in [3.05, 3.63) is 50.8 Å². The maximum absolute atomic E-state index is 13.0. The summed E-state index contributed by atoms with van der Waals surface area (Å²) < 4.78 is 3.32. The molecule has 3 aromatic heterocycles. The third-order valence-electron chi connectivity index (χ3n) is 6.52. The van der Waals surface area contributed by atoms with Crippen molar-refractivity contribution in [3.63, 3.8) is 0 Å². The number of piperidine rings is 1. The number of amides is 1. The van der Waals surface area contributed by atoms with Crippen molar-refractivity contribution < 1.29 is 4.79 Å². The van der Waals surface area contributed by atoms with Crippen LogP contribution in [0.2, 0.25) is 0 Å². The molecule has 1 aliphatic carbocycles. The van der Waals surface area contributed by atoms with Crippen molar-refractivity contribution in [1.29, 1.82) is 0 Å². The van der Waals surface area contributed by atoms with E-state index in [4.69, 9.17) is 4.98 Å². The first kappa shape index (κ1) is 18.1. The van der Waals surface area contributed by atoms with Gasteiger partial charge in [-0.15, -0.1) is 0 Å². The second-order valence-corrected chi connectivity index (χ2v) is 8.31. The van der Waals surface area contributed by atoms with Gasteiger partial charge in [-0.1, -0.05) is 0 Å². The molecule has 1 N–H and O–H groups in total. The standard InChI is InChI=1S/C21H26N6O2/c1-13-16(11-22-25(13)2)20(28)26-9-5-6-14(12-26)18-10-19-23-17-8-4-3-7-15(17)21(29)27(19)24-18/h10-11,14,24H,3-9,12H2,1-2H3. The number of hydrogen-bond acceptors (Lipinski definition) is 4. The Morgan fingerprint density at radius 3 is 2.86 bits per heavy atom. The molecular formula is C21H26N6O2. The zero-order valence-corrected chi connectivity index (χ0v) is 16.9. The maximum atomic E-state index is 13.0. The van der Waals surface area contributed by atoms with Crippen LogP contribution in [0.25, 0.3) is 5.65 Å². The van der Waals surface area contributed by atoms with Crippen molar-refractivity contribution in [1.82, 2.24) is 29.3 Å². The number of nitrogens with one attached hydrogen (secondary N) is 1. The summed E-state index contributed by atoms with van der Waals surface area (Å²) in [5.41, 5.74) is 5.06. The van der Waals surface area contributed by atoms with Crippen LogP contribution in [-0.2, 0) is 19.9 Å². The van der Waals surface area contributed by atoms with E-state index >= 15 is 0 Å². The Hall–Kier alpha value is -2.90. The molecule has 0 radical (unpaired) electrons. The summed E-state index contributed by atoms with van der Waals surface area (Å²) in [6.07, 6.45) is 7.42. The van der Waals surface area contributed by atoms with Gasteiger partial charge in [0.2, 0.25) is 0 Å². The molecule has 1 saturated heterocycles. The van der Waals surface area contributed by atoms with Crippen LogP contribution >= 0.6 is 0 Å². The summed E-state index contributed by atoms with van der Waals surface area (Å²) >= 11 is 0. The van der Waals surface area contributed by atoms with Gasteiger partial charge in [-0.2, -0.15) is 5.10 Å². The minimum Gasteiger partial charge on any atom is -0.338 e. The van der Waals surface area contributed by atoms with Gasteiger partial charge in [0.05, 0.1) is 17.5 Å². The van der Waals surface area contributed by atoms with Crippen LogP contribution in [0.1, 0.15) is 64.6 Å². The molecule has 1 amide bonds. The largest absolute Gasteiger partial charge is 0.338 e. The van der Waals surface area contributed by atoms with Crippen LogP contribution in [-0.4, -0.2) is 48.3 Å². The van der Waals surface area contributed by atoms with Crippen molar-refractivity contribution in [3.8, 4) is 0 Å². The quantitative estimate of drug-likeness (QED) is 0.720. The van der Waals surface area contributed by atoms with Crippen LogP contribution in [0.3, 0.4) is 0 Å². The SMILES string of the molecule is Cc1c(C(=O)N2CCCC(c3cc4nc5c(c(=O)n4[nH]3)CCCC5)C2)cnn1C. The molecule has 0 bridgehead atoms. The third-order valence-corrected chi connectivity index (χ3v) is 6.52. The summed E-state index contributed by atoms with van der Waals surface area (Å²) in [4.78, 5) is 32.5. The number of aromatic nitrogens is 5. The van der Waals surface area contributed by atoms with Crippen molar-refractivity contribution in [2.75, 3.05) is 13.1 Å². The molecule has 4 heterocycles. The van der Waals surface area contributed by atoms with E-state index in [1.165, 1.54) is 0 Å². The molecule has 152 valence electrons. The Morgan fingerprint density at radius 2 is 2.07 bits per heavy atom. The molecule has 0 saturated carbocycles. The topological polar surface area (TPSA) is 88.3 Å². The van der Waals surface area contributed by atoms with Gasteiger partial charge in [-0.05, 0) is 45.4 Å². The van der Waals surface area contributed by atoms with Gasteiger partial charge < -0.3 is 4.90 Å². The Balaban J connectivity index is 1.44. The number of hydrogen-bond donors (Lipinski definition) is 1. The summed E-state index contributed by atoms with van der Waals surface area (Å²) in [5, 5.41) is 7.49. The first-order valence-corrected chi connectivity index (χ1v) is 10.4. The van der Waals surface area contributed by atoms with E-state index in [0.29, 0.717) is 17.8 Å². The number of aromatic amines is 1. The van der Waals surface area contributed by atoms with Gasteiger partial charge in [-0.3, -0.25) is 19.4 Å². The number of fused-ring (bicyclic) bond motifs is 2. The molecule has 2 aliphatic rings. The average Bonchev–Trinajstić information content (AvgIpc) is 3.32. The summed E-state index contributed by atoms with van der Waals surface area (Å²) in [7, 11) is 1.85. The maximum Gasteiger partial charge on any atom is 0.276 e. The second kappa shape index (κ2) is 6.86. The lowest BCUT2D eigenvalue weighted by Gasteiger charge is -2.32. The van der Waals surface area contributed by atoms with Gasteiger partial charge in [0.25, 0.3) is 11.5 Å². The summed E-state index contributed by atoms with van der Waals surface area (Å²) in [6, 6.07) is 1.99. The van der Waals surface area contributed by atoms with E-state index in [1.807, 2.05) is 24.9 Å². The molecule has 1 fully saturated rings. The molecule has 1 unspecified atom stereocenters. The molecule has 1 aliphatic heterocycles. The molecule has 8 nitrogen and oxygen atoms in total. The highest BCUT2D eigenvalue weighted by atomic mass is 16.2. The first-order chi connectivity index (χ1) is 14.0. The third kappa shape index (κ3) is 2.97. The molecule has 8 heteroatoms. The van der Waals surface area contributed by atoms with Crippen LogP contribution < -0.4 is 5.56 Å². The zero-order valence-electron chi connectivity index (χ0n) is 16.9. The van der Waals surface area contributed by atoms with Crippen molar-refractivity contribution in [2.45, 2.75) is 51.4 Å². The van der Waals surface area contributed by atoms with Crippen molar-refractivity contribution in [2.24, 2.45) is 7.05 Å². The van der Waals surface area contributed by atoms with Gasteiger partial charge in [0.1, 0.15) is 0 Å². The molecule has 29 heavy (non-hydrogen) atoms. The summed E-state index contributed by atoms with van der Waals surface area (Å²) in [6.45, 7) is 3.30. The molecule has 1 atom stereocenters. The van der Waals surface area contributed by atoms with Crippen LogP contribution in [0, 0.1) is 6.92 Å². The van der Waals surface area contributed by atoms with Crippen LogP contribution in [0.15, 0.2) is 17.1 Å². The van der Waals surface area contributed by atoms with E-state index in [1.54, 1.807) is 15.4 Å². The Bertz CT molecular complexity index is 1150. The van der Waals surface area contributed by atoms with E-state index in [-0.39, 0.29) is 17.4 Å². The number of rotatable bonds is 2. The lowest BCUT2D eigenvalue weighted by atomic mass is 9.94. The van der Waals surface area contributed by atoms with E-state index in [0.717, 1.165) is 67.7 Å². The minimum atomic E-state index is 0.0298. The fourth-order valence-electron chi connectivity index (χ4n) is 4.68. The smallest absolute Gasteiger partial charge is 0.276 e. The Morgan fingerprint density at radius 1 is 1.24 bits per heavy atom. The van der Waals surface area contributed by atoms with Gasteiger partial charge >= 0.3 is 0 Å². The van der Waals surface area contributed by atoms with Crippen LogP contribution in [0.4, 0.5) is 0 Å². The van der Waals surface area contributed by atoms with Crippen molar-refractivity contribution >= 4 is 11.6 Å². The highest BCUT2D eigenvalue weighted by Gasteiger charge is 2.29. The number of aryl methyl sites for hydroxylation is 2. The number of carbonyl (C=O) groups excluding carboxylic acids is 1. The fourth-order valence-corrected chi connectivity index (χ4v) is 4.68. The number of nitrogens with zero attached hydrogens (tertiary/aromatic N) is 5. The van der Waals surface area contributed by atoms with E-state index in [9.17, 15) is 9.59 Å². The highest BCUT2D eigenvalue weighted by molar-refractivity contribution is 5.95. The second-order valence-electron chi connectivity index (χ2n) is 8.31. The molecule has 0 aromatic carbocycles. The monoisotopic (exact) mass is 394 g/mol. The number of H-pyrrole nitrogens is 1. The minimum absolute atomic E-state index is 0.0298. The summed E-state index contributed by atoms with van der Waals surface area (Å²) in [5.74, 6) is 0.199. The Labute approximate surface area is 168 Å². The van der Waals surface area contributed by atoms with E-state index < -0.39 is 0 Å². The lowest BCUT2D eigenvalue weighted by molar-refractivity contribution is 0.0705. The zero-order chi connectivity index (χ0) is 20.1. The van der Waals surface area contributed by atoms with Crippen LogP contribution in [0.5, 0.6) is 0 Å². The predicted octanol–water partition coefficient (Wildman–Crippen LogP) is 1.96. The van der Waals surface area contributed by atoms with E-state index in [2.05, 4.69) is 10.2 Å². The lowest BCUT2D eigenvalue weighted by Crippen LogP contribution is -2.39. The van der Waals surface area contributed by atoms with Gasteiger partial charge in [0.15, 0.2) is 5.65 Å². The Kier molecular flexibility index (Phi) is 4.29. The number of likely N-dealkylation sites (tertiary alicyclic amines) is 1. The highest BCUT2D eigenvalue weighted by Crippen LogP contribution is 2.28. The number of carbonyl (C=O) groups is 1. The predicted molar refractivity (Wildman–Crippen MR) is 108 cm³/mol. The van der Waals surface area contributed by atoms with Gasteiger partial charge in [0, 0.05) is 49.1 Å². The first-order valence-electron chi connectivity index (χ1n) is 10.4. The average molecular weight is 394 g/mol. The fraction of sp³-hybridized carbons (Fsp3) is 0.524. The molecule has 0 spiro atoms.